The Kier molecular flexibility index (Phi) is 2.59. The molecular weight excluding hydrogens is 182 g/mol. The summed E-state index contributed by atoms with van der Waals surface area (Å²) >= 11 is 0. The van der Waals surface area contributed by atoms with Crippen LogP contribution in [0.2, 0.25) is 0 Å². The van der Waals surface area contributed by atoms with Crippen molar-refractivity contribution in [1.82, 2.24) is 14.8 Å². The highest BCUT2D eigenvalue weighted by Gasteiger charge is 2.35. The molecule has 0 aromatic carbocycles. The van der Waals surface area contributed by atoms with Crippen molar-refractivity contribution < 1.29 is 9.90 Å². The summed E-state index contributed by atoms with van der Waals surface area (Å²) in [6.07, 6.45) is 0.478. The van der Waals surface area contributed by atoms with Gasteiger partial charge in [0, 0.05) is 0 Å². The van der Waals surface area contributed by atoms with Crippen LogP contribution in [-0.4, -0.2) is 25.8 Å². The number of aryl methyl sites for hydroxylation is 2. The molecule has 1 aromatic rings. The van der Waals surface area contributed by atoms with Gasteiger partial charge < -0.3 is 5.11 Å². The van der Waals surface area contributed by atoms with E-state index in [0.29, 0.717) is 18.1 Å². The third-order valence-electron chi connectivity index (χ3n) is 2.49. The molecule has 14 heavy (non-hydrogen) atoms. The molecule has 78 valence electrons. The Morgan fingerprint density at radius 3 is 2.43 bits per heavy atom. The maximum absolute atomic E-state index is 11.1. The van der Waals surface area contributed by atoms with Gasteiger partial charge in [-0.05, 0) is 27.2 Å². The number of nitrogens with zero attached hydrogens (tertiary/aromatic N) is 3. The van der Waals surface area contributed by atoms with E-state index in [4.69, 9.17) is 5.11 Å². The molecular formula is C9H15N3O2. The number of aliphatic carboxylic acids is 1. The SMILES string of the molecule is CCC(C)(C(=O)O)n1nc(C)nc1C. The lowest BCUT2D eigenvalue weighted by Gasteiger charge is -2.24. The maximum Gasteiger partial charge on any atom is 0.331 e. The second-order valence-electron chi connectivity index (χ2n) is 3.55. The first-order valence-electron chi connectivity index (χ1n) is 4.56. The van der Waals surface area contributed by atoms with Crippen LogP contribution in [0.15, 0.2) is 0 Å². The van der Waals surface area contributed by atoms with Gasteiger partial charge in [0.25, 0.3) is 0 Å². The average molecular weight is 197 g/mol. The van der Waals surface area contributed by atoms with Gasteiger partial charge in [0.1, 0.15) is 11.6 Å². The van der Waals surface area contributed by atoms with Crippen molar-refractivity contribution in [3.05, 3.63) is 11.6 Å². The Morgan fingerprint density at radius 1 is 1.57 bits per heavy atom. The molecule has 1 aromatic heterocycles. The fraction of sp³-hybridized carbons (Fsp3) is 0.667. The van der Waals surface area contributed by atoms with Crippen LogP contribution in [0.1, 0.15) is 31.9 Å². The van der Waals surface area contributed by atoms with Crippen molar-refractivity contribution in [1.29, 1.82) is 0 Å². The van der Waals surface area contributed by atoms with Gasteiger partial charge in [-0.25, -0.2) is 14.5 Å². The van der Waals surface area contributed by atoms with Gasteiger partial charge in [-0.2, -0.15) is 5.10 Å². The smallest absolute Gasteiger partial charge is 0.331 e. The van der Waals surface area contributed by atoms with Crippen molar-refractivity contribution in [3.63, 3.8) is 0 Å². The van der Waals surface area contributed by atoms with E-state index in [1.807, 2.05) is 6.92 Å². The summed E-state index contributed by atoms with van der Waals surface area (Å²) in [4.78, 5) is 15.2. The molecule has 0 fully saturated rings. The number of carbonyl (C=O) groups is 1. The minimum atomic E-state index is -0.995. The third kappa shape index (κ3) is 1.49. The summed E-state index contributed by atoms with van der Waals surface area (Å²) in [5.41, 5.74) is -0.995. The van der Waals surface area contributed by atoms with Gasteiger partial charge in [-0.3, -0.25) is 0 Å². The number of rotatable bonds is 3. The third-order valence-corrected chi connectivity index (χ3v) is 2.49. The first-order valence-corrected chi connectivity index (χ1v) is 4.56. The van der Waals surface area contributed by atoms with E-state index in [1.165, 1.54) is 4.68 Å². The fourth-order valence-electron chi connectivity index (χ4n) is 1.38. The van der Waals surface area contributed by atoms with Crippen LogP contribution in [0.4, 0.5) is 0 Å². The van der Waals surface area contributed by atoms with Crippen LogP contribution in [-0.2, 0) is 10.3 Å². The summed E-state index contributed by atoms with van der Waals surface area (Å²) in [5.74, 6) is 0.352. The zero-order chi connectivity index (χ0) is 10.9. The average Bonchev–Trinajstić information content (AvgIpc) is 2.44. The molecule has 5 heteroatoms. The minimum absolute atomic E-state index is 0.478. The normalized spacial score (nSPS) is 15.1. The van der Waals surface area contributed by atoms with Crippen molar-refractivity contribution in [3.8, 4) is 0 Å². The topological polar surface area (TPSA) is 68.0 Å². The lowest BCUT2D eigenvalue weighted by Crippen LogP contribution is -2.39. The number of hydrogen-bond donors (Lipinski definition) is 1. The van der Waals surface area contributed by atoms with Crippen molar-refractivity contribution >= 4 is 5.97 Å². The van der Waals surface area contributed by atoms with E-state index in [1.54, 1.807) is 20.8 Å². The quantitative estimate of drug-likeness (QED) is 0.788. The molecule has 0 aliphatic heterocycles. The van der Waals surface area contributed by atoms with Crippen LogP contribution < -0.4 is 0 Å². The van der Waals surface area contributed by atoms with Gasteiger partial charge >= 0.3 is 5.97 Å². The lowest BCUT2D eigenvalue weighted by molar-refractivity contribution is -0.147. The second kappa shape index (κ2) is 3.40. The van der Waals surface area contributed by atoms with Crippen LogP contribution >= 0.6 is 0 Å². The molecule has 0 aliphatic rings. The van der Waals surface area contributed by atoms with Gasteiger partial charge in [0.2, 0.25) is 0 Å². The molecule has 1 rings (SSSR count). The van der Waals surface area contributed by atoms with Gasteiger partial charge in [0.15, 0.2) is 5.54 Å². The van der Waals surface area contributed by atoms with E-state index >= 15 is 0 Å². The number of hydrogen-bond acceptors (Lipinski definition) is 3. The Morgan fingerprint density at radius 2 is 2.14 bits per heavy atom. The van der Waals surface area contributed by atoms with Crippen molar-refractivity contribution in [2.24, 2.45) is 0 Å². The molecule has 0 bridgehead atoms. The number of carboxylic acid groups (broad SMARTS) is 1. The van der Waals surface area contributed by atoms with E-state index in [0.717, 1.165) is 0 Å². The minimum Gasteiger partial charge on any atom is -0.479 e. The van der Waals surface area contributed by atoms with Crippen LogP contribution in [0.25, 0.3) is 0 Å². The van der Waals surface area contributed by atoms with E-state index in [2.05, 4.69) is 10.1 Å². The molecule has 0 saturated carbocycles. The Bertz CT molecular complexity index is 359. The highest BCUT2D eigenvalue weighted by molar-refractivity contribution is 5.76. The van der Waals surface area contributed by atoms with Crippen LogP contribution in [0.5, 0.6) is 0 Å². The van der Waals surface area contributed by atoms with E-state index in [-0.39, 0.29) is 0 Å². The molecule has 0 saturated heterocycles. The molecule has 0 amide bonds. The Labute approximate surface area is 82.8 Å². The van der Waals surface area contributed by atoms with E-state index in [9.17, 15) is 4.79 Å². The van der Waals surface area contributed by atoms with Crippen molar-refractivity contribution in [2.45, 2.75) is 39.7 Å². The highest BCUT2D eigenvalue weighted by atomic mass is 16.4. The van der Waals surface area contributed by atoms with Crippen LogP contribution in [0.3, 0.4) is 0 Å². The first kappa shape index (κ1) is 10.7. The van der Waals surface area contributed by atoms with Gasteiger partial charge in [-0.1, -0.05) is 6.92 Å². The predicted octanol–water partition coefficient (Wildman–Crippen LogP) is 1.10. The predicted molar refractivity (Wildman–Crippen MR) is 51.1 cm³/mol. The summed E-state index contributed by atoms with van der Waals surface area (Å²) in [5, 5.41) is 13.2. The highest BCUT2D eigenvalue weighted by Crippen LogP contribution is 2.21. The van der Waals surface area contributed by atoms with Gasteiger partial charge in [0.05, 0.1) is 0 Å². The number of carboxylic acids is 1. The van der Waals surface area contributed by atoms with Crippen molar-refractivity contribution in [2.75, 3.05) is 0 Å². The summed E-state index contributed by atoms with van der Waals surface area (Å²) in [7, 11) is 0. The molecule has 0 aliphatic carbocycles. The van der Waals surface area contributed by atoms with Gasteiger partial charge in [-0.15, -0.1) is 0 Å². The molecule has 5 nitrogen and oxygen atoms in total. The van der Waals surface area contributed by atoms with Crippen LogP contribution in [0, 0.1) is 13.8 Å². The maximum atomic E-state index is 11.1. The zero-order valence-electron chi connectivity index (χ0n) is 8.90. The zero-order valence-corrected chi connectivity index (χ0v) is 8.90. The Balaban J connectivity index is 3.25. The summed E-state index contributed by atoms with van der Waals surface area (Å²) < 4.78 is 1.48. The molecule has 1 atom stereocenters. The first-order chi connectivity index (χ1) is 6.41. The number of aromatic nitrogens is 3. The second-order valence-corrected chi connectivity index (χ2v) is 3.55. The molecule has 1 unspecified atom stereocenters. The molecule has 1 heterocycles. The standard InChI is InChI=1S/C9H15N3O2/c1-5-9(4,8(13)14)12-7(3)10-6(2)11-12/h5H2,1-4H3,(H,13,14). The monoisotopic (exact) mass is 197 g/mol. The molecule has 0 radical (unpaired) electrons. The summed E-state index contributed by atoms with van der Waals surface area (Å²) in [6.45, 7) is 6.99. The molecule has 0 spiro atoms. The lowest BCUT2D eigenvalue weighted by atomic mass is 10.00. The largest absolute Gasteiger partial charge is 0.479 e. The fourth-order valence-corrected chi connectivity index (χ4v) is 1.38. The van der Waals surface area contributed by atoms with E-state index < -0.39 is 11.5 Å². The molecule has 1 N–H and O–H groups in total. The Hall–Kier alpha value is -1.39. The summed E-state index contributed by atoms with van der Waals surface area (Å²) in [6, 6.07) is 0.